The molecule has 12 aromatic rings. The van der Waals surface area contributed by atoms with Crippen molar-refractivity contribution in [2.24, 2.45) is 0 Å². The van der Waals surface area contributed by atoms with E-state index in [1.165, 1.54) is 99.1 Å². The summed E-state index contributed by atoms with van der Waals surface area (Å²) < 4.78 is 6.28. The molecule has 0 saturated heterocycles. The van der Waals surface area contributed by atoms with Crippen LogP contribution in [0.2, 0.25) is 0 Å². The fraction of sp³-hybridized carbons (Fsp3) is 0. The third-order valence-electron chi connectivity index (χ3n) is 13.0. The second-order valence-electron chi connectivity index (χ2n) is 16.4. The van der Waals surface area contributed by atoms with E-state index in [1.807, 2.05) is 6.07 Å². The lowest BCUT2D eigenvalue weighted by molar-refractivity contribution is 0.669. The summed E-state index contributed by atoms with van der Waals surface area (Å²) in [6.07, 6.45) is 0. The first kappa shape index (κ1) is 33.9. The van der Waals surface area contributed by atoms with Crippen LogP contribution >= 0.6 is 0 Å². The molecule has 1 heterocycles. The Kier molecular flexibility index (Phi) is 7.37. The molecular weight excluding hydrogens is 737 g/mol. The molecule has 0 bridgehead atoms. The number of benzene rings is 11. The zero-order chi connectivity index (χ0) is 40.0. The zero-order valence-corrected chi connectivity index (χ0v) is 33.2. The van der Waals surface area contributed by atoms with Gasteiger partial charge in [-0.1, -0.05) is 170 Å². The Morgan fingerprint density at radius 3 is 1.07 bits per heavy atom. The molecule has 0 saturated carbocycles. The van der Waals surface area contributed by atoms with Gasteiger partial charge in [-0.25, -0.2) is 0 Å². The number of hydrogen-bond acceptors (Lipinski definition) is 1. The molecule has 1 aliphatic rings. The van der Waals surface area contributed by atoms with Crippen LogP contribution in [0.4, 0.5) is 0 Å². The predicted octanol–water partition coefficient (Wildman–Crippen LogP) is 17.0. The van der Waals surface area contributed by atoms with Crippen LogP contribution in [0.5, 0.6) is 0 Å². The summed E-state index contributed by atoms with van der Waals surface area (Å²) >= 11 is 0. The average molecular weight is 773 g/mol. The molecule has 1 heteroatoms. The van der Waals surface area contributed by atoms with Crippen LogP contribution in [0.15, 0.2) is 223 Å². The Labute approximate surface area is 353 Å². The lowest BCUT2D eigenvalue weighted by atomic mass is 9.80. The fourth-order valence-electron chi connectivity index (χ4n) is 10.2. The van der Waals surface area contributed by atoms with Gasteiger partial charge in [0, 0.05) is 10.8 Å². The van der Waals surface area contributed by atoms with Gasteiger partial charge in [-0.2, -0.15) is 0 Å². The van der Waals surface area contributed by atoms with Crippen molar-refractivity contribution < 1.29 is 4.42 Å². The van der Waals surface area contributed by atoms with Crippen molar-refractivity contribution in [1.29, 1.82) is 0 Å². The summed E-state index contributed by atoms with van der Waals surface area (Å²) in [6, 6.07) is 80.5. The van der Waals surface area contributed by atoms with Gasteiger partial charge in [-0.15, -0.1) is 0 Å². The summed E-state index contributed by atoms with van der Waals surface area (Å²) in [7, 11) is 0. The maximum atomic E-state index is 6.28. The lowest BCUT2D eigenvalue weighted by Gasteiger charge is -2.23. The van der Waals surface area contributed by atoms with Crippen LogP contribution in [0.3, 0.4) is 0 Å². The summed E-state index contributed by atoms with van der Waals surface area (Å²) in [6.45, 7) is 0. The average Bonchev–Trinajstić information content (AvgIpc) is 3.71. The van der Waals surface area contributed by atoms with E-state index in [4.69, 9.17) is 4.42 Å². The van der Waals surface area contributed by atoms with Crippen LogP contribution in [0.1, 0.15) is 0 Å². The fourth-order valence-corrected chi connectivity index (χ4v) is 10.2. The van der Waals surface area contributed by atoms with Gasteiger partial charge < -0.3 is 4.42 Å². The zero-order valence-electron chi connectivity index (χ0n) is 33.2. The quantitative estimate of drug-likeness (QED) is 0.163. The van der Waals surface area contributed by atoms with Gasteiger partial charge in [0.1, 0.15) is 11.2 Å². The minimum absolute atomic E-state index is 0.900. The SMILES string of the molecule is c1ccc2c(c1)-c1ccccc1-c1ccc(-c3cc(-c4ccc5oc6ccccc6c5c4)cc(-c4ccc5c6ccccc6c6ccccc6c5c4)c3)cc1-c1ccccc1-2. The third-order valence-corrected chi connectivity index (χ3v) is 13.0. The lowest BCUT2D eigenvalue weighted by Crippen LogP contribution is -1.97. The normalized spacial score (nSPS) is 11.9. The Morgan fingerprint density at radius 1 is 0.180 bits per heavy atom. The van der Waals surface area contributed by atoms with Gasteiger partial charge in [0.2, 0.25) is 0 Å². The van der Waals surface area contributed by atoms with Gasteiger partial charge >= 0.3 is 0 Å². The van der Waals surface area contributed by atoms with Crippen LogP contribution < -0.4 is 0 Å². The molecule has 11 aromatic carbocycles. The molecule has 13 rings (SSSR count). The Bertz CT molecular complexity index is 3730. The van der Waals surface area contributed by atoms with E-state index < -0.39 is 0 Å². The van der Waals surface area contributed by atoms with Crippen LogP contribution in [0, 0.1) is 0 Å². The number of rotatable bonds is 3. The van der Waals surface area contributed by atoms with Crippen LogP contribution in [0.25, 0.3) is 132 Å². The number of fused-ring (bicyclic) bond motifs is 17. The maximum Gasteiger partial charge on any atom is 0.135 e. The third kappa shape index (κ3) is 5.27. The first-order chi connectivity index (χ1) is 30.2. The standard InChI is InChI=1S/C60H36O/c1-2-14-44-43(13-1)45-15-3-5-19-49(45)53-28-25-37(34-56(53)51-21-9-7-17-47(44)51)40-31-41(33-42(32-40)39-27-30-60-58(36-39)55-23-11-12-24-59(55)61-60)38-26-29-54-50-20-6-4-16-46(50)48-18-8-10-22-52(48)57(54)35-38/h1-36H. The van der Waals surface area contributed by atoms with E-state index in [9.17, 15) is 0 Å². The molecule has 0 fully saturated rings. The molecule has 0 amide bonds. The Hall–Kier alpha value is -8.00. The molecule has 61 heavy (non-hydrogen) atoms. The van der Waals surface area contributed by atoms with Gasteiger partial charge in [-0.3, -0.25) is 0 Å². The second-order valence-corrected chi connectivity index (χ2v) is 16.4. The van der Waals surface area contributed by atoms with Gasteiger partial charge in [0.05, 0.1) is 0 Å². The summed E-state index contributed by atoms with van der Waals surface area (Å²) in [4.78, 5) is 0. The van der Waals surface area contributed by atoms with Crippen molar-refractivity contribution >= 4 is 54.3 Å². The maximum absolute atomic E-state index is 6.28. The number of hydrogen-bond donors (Lipinski definition) is 0. The van der Waals surface area contributed by atoms with Crippen molar-refractivity contribution in [2.75, 3.05) is 0 Å². The van der Waals surface area contributed by atoms with Crippen molar-refractivity contribution in [2.45, 2.75) is 0 Å². The molecule has 0 atom stereocenters. The van der Waals surface area contributed by atoms with Crippen molar-refractivity contribution in [3.05, 3.63) is 218 Å². The van der Waals surface area contributed by atoms with Crippen LogP contribution in [-0.4, -0.2) is 0 Å². The highest BCUT2D eigenvalue weighted by Gasteiger charge is 2.22. The van der Waals surface area contributed by atoms with Gasteiger partial charge in [-0.05, 0) is 159 Å². The molecule has 1 aromatic heterocycles. The molecule has 0 spiro atoms. The van der Waals surface area contributed by atoms with Gasteiger partial charge in [0.25, 0.3) is 0 Å². The monoisotopic (exact) mass is 772 g/mol. The predicted molar refractivity (Wildman–Crippen MR) is 258 cm³/mol. The Morgan fingerprint density at radius 2 is 0.525 bits per heavy atom. The van der Waals surface area contributed by atoms with E-state index in [2.05, 4.69) is 212 Å². The summed E-state index contributed by atoms with van der Waals surface area (Å²) in [5.74, 6) is 0. The highest BCUT2D eigenvalue weighted by atomic mass is 16.3. The highest BCUT2D eigenvalue weighted by molar-refractivity contribution is 6.25. The minimum atomic E-state index is 0.900. The number of furan rings is 1. The first-order valence-corrected chi connectivity index (χ1v) is 21.1. The Balaban J connectivity index is 1.06. The molecule has 1 nitrogen and oxygen atoms in total. The van der Waals surface area contributed by atoms with Crippen molar-refractivity contribution in [3.8, 4) is 77.9 Å². The van der Waals surface area contributed by atoms with E-state index in [0.717, 1.165) is 33.1 Å². The molecule has 0 N–H and O–H groups in total. The first-order valence-electron chi connectivity index (χ1n) is 21.1. The minimum Gasteiger partial charge on any atom is -0.456 e. The molecule has 0 radical (unpaired) electrons. The largest absolute Gasteiger partial charge is 0.456 e. The van der Waals surface area contributed by atoms with Crippen molar-refractivity contribution in [3.63, 3.8) is 0 Å². The topological polar surface area (TPSA) is 13.1 Å². The summed E-state index contributed by atoms with van der Waals surface area (Å²) in [5.41, 5.74) is 18.8. The molecule has 0 aliphatic heterocycles. The van der Waals surface area contributed by atoms with E-state index >= 15 is 0 Å². The van der Waals surface area contributed by atoms with Crippen molar-refractivity contribution in [1.82, 2.24) is 0 Å². The smallest absolute Gasteiger partial charge is 0.135 e. The van der Waals surface area contributed by atoms with Gasteiger partial charge in [0.15, 0.2) is 0 Å². The van der Waals surface area contributed by atoms with E-state index in [1.54, 1.807) is 0 Å². The van der Waals surface area contributed by atoms with Crippen LogP contribution in [-0.2, 0) is 0 Å². The number of para-hydroxylation sites is 1. The summed E-state index contributed by atoms with van der Waals surface area (Å²) in [5, 5.41) is 9.92. The second kappa shape index (κ2) is 13.3. The molecule has 0 unspecified atom stereocenters. The highest BCUT2D eigenvalue weighted by Crippen LogP contribution is 2.49. The van der Waals surface area contributed by atoms with E-state index in [0.29, 0.717) is 0 Å². The van der Waals surface area contributed by atoms with E-state index in [-0.39, 0.29) is 0 Å². The molecule has 1 aliphatic carbocycles. The molecular formula is C60H36O. The molecule has 282 valence electrons.